The van der Waals surface area contributed by atoms with Crippen molar-refractivity contribution in [2.75, 3.05) is 11.1 Å². The summed E-state index contributed by atoms with van der Waals surface area (Å²) in [4.78, 5) is 4.14. The molecule has 0 amide bonds. The van der Waals surface area contributed by atoms with Crippen LogP contribution in [0.3, 0.4) is 0 Å². The molecule has 2 rings (SSSR count). The first-order valence-corrected chi connectivity index (χ1v) is 5.33. The normalized spacial score (nSPS) is 10.1. The van der Waals surface area contributed by atoms with Crippen LogP contribution in [0.2, 0.25) is 5.02 Å². The van der Waals surface area contributed by atoms with Crippen LogP contribution in [0.1, 0.15) is 5.56 Å². The molecule has 0 fully saturated rings. The van der Waals surface area contributed by atoms with Gasteiger partial charge in [-0.05, 0) is 23.8 Å². The number of halogens is 1. The van der Waals surface area contributed by atoms with E-state index >= 15 is 0 Å². The van der Waals surface area contributed by atoms with Gasteiger partial charge in [-0.15, -0.1) is 0 Å². The highest BCUT2D eigenvalue weighted by molar-refractivity contribution is 6.32. The zero-order valence-corrected chi connectivity index (χ0v) is 9.41. The van der Waals surface area contributed by atoms with Gasteiger partial charge in [0.25, 0.3) is 0 Å². The minimum Gasteiger partial charge on any atom is -0.398 e. The Morgan fingerprint density at radius 1 is 1.19 bits per heavy atom. The van der Waals surface area contributed by atoms with E-state index in [1.165, 1.54) is 0 Å². The Labute approximate surface area is 99.3 Å². The Hall–Kier alpha value is -1.74. The maximum Gasteiger partial charge on any atom is 0.145 e. The second kappa shape index (κ2) is 4.86. The third kappa shape index (κ3) is 2.44. The molecule has 16 heavy (non-hydrogen) atoms. The van der Waals surface area contributed by atoms with Crippen molar-refractivity contribution in [1.82, 2.24) is 4.98 Å². The van der Waals surface area contributed by atoms with Crippen LogP contribution in [0.4, 0.5) is 11.5 Å². The molecule has 0 aliphatic rings. The average molecular weight is 234 g/mol. The number of nitrogens with one attached hydrogen (secondary N) is 1. The summed E-state index contributed by atoms with van der Waals surface area (Å²) in [6.45, 7) is 0.614. The van der Waals surface area contributed by atoms with Gasteiger partial charge in [0.15, 0.2) is 0 Å². The second-order valence-corrected chi connectivity index (χ2v) is 3.79. The number of benzene rings is 1. The third-order valence-corrected chi connectivity index (χ3v) is 2.56. The Bertz CT molecular complexity index is 440. The SMILES string of the molecule is Nc1ccccc1CNc1ncccc1Cl. The van der Waals surface area contributed by atoms with Crippen LogP contribution in [0.15, 0.2) is 42.6 Å². The molecule has 1 aromatic carbocycles. The zero-order chi connectivity index (χ0) is 11.4. The molecule has 2 aromatic rings. The topological polar surface area (TPSA) is 50.9 Å². The van der Waals surface area contributed by atoms with Gasteiger partial charge >= 0.3 is 0 Å². The van der Waals surface area contributed by atoms with Gasteiger partial charge in [0, 0.05) is 18.4 Å². The van der Waals surface area contributed by atoms with Crippen LogP contribution in [0.25, 0.3) is 0 Å². The molecule has 0 saturated heterocycles. The van der Waals surface area contributed by atoms with E-state index < -0.39 is 0 Å². The molecule has 0 aliphatic heterocycles. The summed E-state index contributed by atoms with van der Waals surface area (Å²) in [5.41, 5.74) is 7.63. The lowest BCUT2D eigenvalue weighted by molar-refractivity contribution is 1.11. The molecule has 4 heteroatoms. The fraction of sp³-hybridized carbons (Fsp3) is 0.0833. The maximum atomic E-state index is 5.97. The lowest BCUT2D eigenvalue weighted by atomic mass is 10.2. The molecule has 3 N–H and O–H groups in total. The Morgan fingerprint density at radius 2 is 2.00 bits per heavy atom. The summed E-state index contributed by atoms with van der Waals surface area (Å²) in [7, 11) is 0. The summed E-state index contributed by atoms with van der Waals surface area (Å²) in [6.07, 6.45) is 1.70. The number of pyridine rings is 1. The molecule has 0 bridgehead atoms. The van der Waals surface area contributed by atoms with Crippen molar-refractivity contribution >= 4 is 23.1 Å². The van der Waals surface area contributed by atoms with Gasteiger partial charge in [-0.2, -0.15) is 0 Å². The molecule has 0 unspecified atom stereocenters. The Kier molecular flexibility index (Phi) is 3.27. The maximum absolute atomic E-state index is 5.97. The minimum absolute atomic E-state index is 0.608. The number of hydrogen-bond acceptors (Lipinski definition) is 3. The predicted octanol–water partition coefficient (Wildman–Crippen LogP) is 2.93. The standard InChI is InChI=1S/C12H12ClN3/c13-10-5-3-7-15-12(10)16-8-9-4-1-2-6-11(9)14/h1-7H,8,14H2,(H,15,16). The van der Waals surface area contributed by atoms with E-state index in [1.54, 1.807) is 18.3 Å². The first-order chi connectivity index (χ1) is 7.77. The molecule has 0 spiro atoms. The summed E-state index contributed by atoms with van der Waals surface area (Å²) in [5.74, 6) is 0.674. The number of hydrogen-bond donors (Lipinski definition) is 2. The molecule has 0 saturated carbocycles. The van der Waals surface area contributed by atoms with Gasteiger partial charge in [-0.3, -0.25) is 0 Å². The summed E-state index contributed by atoms with van der Waals surface area (Å²) >= 11 is 5.97. The van der Waals surface area contributed by atoms with Crippen LogP contribution < -0.4 is 11.1 Å². The van der Waals surface area contributed by atoms with Crippen molar-refractivity contribution in [3.63, 3.8) is 0 Å². The largest absolute Gasteiger partial charge is 0.398 e. The first-order valence-electron chi connectivity index (χ1n) is 4.95. The predicted molar refractivity (Wildman–Crippen MR) is 67.4 cm³/mol. The van der Waals surface area contributed by atoms with Crippen LogP contribution in [-0.2, 0) is 6.54 Å². The van der Waals surface area contributed by atoms with E-state index in [9.17, 15) is 0 Å². The number of nitrogens with two attached hydrogens (primary N) is 1. The van der Waals surface area contributed by atoms with Gasteiger partial charge in [-0.25, -0.2) is 4.98 Å². The fourth-order valence-corrected chi connectivity index (χ4v) is 1.58. The lowest BCUT2D eigenvalue weighted by Crippen LogP contribution is -2.04. The number of anilines is 2. The zero-order valence-electron chi connectivity index (χ0n) is 8.65. The number of para-hydroxylation sites is 1. The van der Waals surface area contributed by atoms with Gasteiger partial charge in [0.2, 0.25) is 0 Å². The van der Waals surface area contributed by atoms with E-state index in [2.05, 4.69) is 10.3 Å². The van der Waals surface area contributed by atoms with Gasteiger partial charge < -0.3 is 11.1 Å². The Morgan fingerprint density at radius 3 is 2.75 bits per heavy atom. The van der Waals surface area contributed by atoms with Crippen molar-refractivity contribution in [3.05, 3.63) is 53.2 Å². The van der Waals surface area contributed by atoms with E-state index in [1.807, 2.05) is 24.3 Å². The monoisotopic (exact) mass is 233 g/mol. The quantitative estimate of drug-likeness (QED) is 0.802. The number of nitrogens with zero attached hydrogens (tertiary/aromatic N) is 1. The van der Waals surface area contributed by atoms with Crippen molar-refractivity contribution < 1.29 is 0 Å². The average Bonchev–Trinajstić information content (AvgIpc) is 2.30. The smallest absolute Gasteiger partial charge is 0.145 e. The third-order valence-electron chi connectivity index (χ3n) is 2.26. The van der Waals surface area contributed by atoms with E-state index in [-0.39, 0.29) is 0 Å². The highest BCUT2D eigenvalue weighted by Crippen LogP contribution is 2.19. The van der Waals surface area contributed by atoms with Crippen molar-refractivity contribution in [2.45, 2.75) is 6.54 Å². The summed E-state index contributed by atoms with van der Waals surface area (Å²) < 4.78 is 0. The molecule has 1 aromatic heterocycles. The molecule has 0 atom stereocenters. The van der Waals surface area contributed by atoms with Crippen LogP contribution in [-0.4, -0.2) is 4.98 Å². The second-order valence-electron chi connectivity index (χ2n) is 3.39. The molecule has 0 aliphatic carbocycles. The van der Waals surface area contributed by atoms with Crippen molar-refractivity contribution in [2.24, 2.45) is 0 Å². The van der Waals surface area contributed by atoms with Gasteiger partial charge in [0.05, 0.1) is 5.02 Å². The summed E-state index contributed by atoms with van der Waals surface area (Å²) in [5, 5.41) is 3.76. The molecule has 1 heterocycles. The van der Waals surface area contributed by atoms with Crippen LogP contribution in [0, 0.1) is 0 Å². The molecule has 0 radical (unpaired) electrons. The first kappa shape index (κ1) is 10.8. The molecular formula is C12H12ClN3. The van der Waals surface area contributed by atoms with Crippen molar-refractivity contribution in [3.8, 4) is 0 Å². The molecule has 3 nitrogen and oxygen atoms in total. The number of rotatable bonds is 3. The molecular weight excluding hydrogens is 222 g/mol. The van der Waals surface area contributed by atoms with E-state index in [0.29, 0.717) is 17.4 Å². The van der Waals surface area contributed by atoms with E-state index in [0.717, 1.165) is 11.3 Å². The van der Waals surface area contributed by atoms with Gasteiger partial charge in [0.1, 0.15) is 5.82 Å². The van der Waals surface area contributed by atoms with Crippen LogP contribution >= 0.6 is 11.6 Å². The van der Waals surface area contributed by atoms with Crippen molar-refractivity contribution in [1.29, 1.82) is 0 Å². The molecule has 82 valence electrons. The summed E-state index contributed by atoms with van der Waals surface area (Å²) in [6, 6.07) is 11.3. The van der Waals surface area contributed by atoms with Crippen LogP contribution in [0.5, 0.6) is 0 Å². The lowest BCUT2D eigenvalue weighted by Gasteiger charge is -2.08. The van der Waals surface area contributed by atoms with Gasteiger partial charge in [-0.1, -0.05) is 29.8 Å². The highest BCUT2D eigenvalue weighted by atomic mass is 35.5. The number of nitrogen functional groups attached to an aromatic ring is 1. The van der Waals surface area contributed by atoms with E-state index in [4.69, 9.17) is 17.3 Å². The highest BCUT2D eigenvalue weighted by Gasteiger charge is 2.01. The fourth-order valence-electron chi connectivity index (χ4n) is 1.39. The number of aromatic nitrogens is 1. The minimum atomic E-state index is 0.608. The Balaban J connectivity index is 2.09.